The number of nitrogens with one attached hydrogen (secondary N) is 2. The molecule has 0 aliphatic heterocycles. The Balaban J connectivity index is 1.69. The molecule has 0 bridgehead atoms. The Hall–Kier alpha value is -3.52. The number of fused-ring (bicyclic) bond motifs is 1. The van der Waals surface area contributed by atoms with Gasteiger partial charge in [0.1, 0.15) is 17.7 Å². The molecule has 0 aromatic heterocycles. The van der Waals surface area contributed by atoms with E-state index in [0.717, 1.165) is 29.2 Å². The Labute approximate surface area is 242 Å². The Kier molecular flexibility index (Phi) is 9.08. The number of thiol groups is 1. The van der Waals surface area contributed by atoms with Crippen LogP contribution >= 0.6 is 12.6 Å². The average molecular weight is 562 g/mol. The van der Waals surface area contributed by atoms with Crippen LogP contribution in [0.5, 0.6) is 0 Å². The van der Waals surface area contributed by atoms with Crippen molar-refractivity contribution in [2.24, 2.45) is 5.92 Å². The first-order chi connectivity index (χ1) is 19.0. The highest BCUT2D eigenvalue weighted by Crippen LogP contribution is 2.41. The maximum atomic E-state index is 14.1. The van der Waals surface area contributed by atoms with Gasteiger partial charge >= 0.3 is 6.09 Å². The summed E-state index contributed by atoms with van der Waals surface area (Å²) < 4.78 is 5.40. The Bertz CT molecular complexity index is 1370. The predicted molar refractivity (Wildman–Crippen MR) is 163 cm³/mol. The fourth-order valence-electron chi connectivity index (χ4n) is 4.84. The van der Waals surface area contributed by atoms with Crippen LogP contribution in [0, 0.1) is 5.92 Å². The van der Waals surface area contributed by atoms with Crippen molar-refractivity contribution >= 4 is 47.0 Å². The summed E-state index contributed by atoms with van der Waals surface area (Å²) in [4.78, 5) is 42.4. The minimum absolute atomic E-state index is 0.0590. The number of hydrogen-bond donors (Lipinski definition) is 3. The lowest BCUT2D eigenvalue weighted by Gasteiger charge is -2.34. The van der Waals surface area contributed by atoms with E-state index in [4.69, 9.17) is 4.74 Å². The van der Waals surface area contributed by atoms with Crippen LogP contribution in [0.2, 0.25) is 0 Å². The fourth-order valence-corrected chi connectivity index (χ4v) is 5.09. The molecule has 0 saturated heterocycles. The number of carbonyl (C=O) groups excluding carboxylic acids is 3. The topological polar surface area (TPSA) is 87.7 Å². The first-order valence-corrected chi connectivity index (χ1v) is 14.4. The maximum Gasteiger partial charge on any atom is 0.408 e. The van der Waals surface area contributed by atoms with Gasteiger partial charge in [-0.15, -0.1) is 0 Å². The third kappa shape index (κ3) is 7.16. The van der Waals surface area contributed by atoms with Crippen LogP contribution in [0.25, 0.3) is 10.8 Å². The number of anilines is 1. The summed E-state index contributed by atoms with van der Waals surface area (Å²) in [6.45, 7) is 9.40. The lowest BCUT2D eigenvalue weighted by atomic mass is 10.00. The molecule has 1 fully saturated rings. The molecule has 7 nitrogen and oxygen atoms in total. The van der Waals surface area contributed by atoms with Crippen LogP contribution in [0.4, 0.5) is 10.5 Å². The predicted octanol–water partition coefficient (Wildman–Crippen LogP) is 6.14. The molecule has 4 atom stereocenters. The van der Waals surface area contributed by atoms with E-state index in [0.29, 0.717) is 11.3 Å². The van der Waals surface area contributed by atoms with Gasteiger partial charge in [-0.2, -0.15) is 12.6 Å². The molecule has 0 spiro atoms. The molecule has 0 radical (unpaired) electrons. The lowest BCUT2D eigenvalue weighted by Crippen LogP contribution is -2.54. The quantitative estimate of drug-likeness (QED) is 0.274. The zero-order chi connectivity index (χ0) is 29.0. The third-order valence-electron chi connectivity index (χ3n) is 7.10. The number of ether oxygens (including phenoxy) is 1. The Morgan fingerprint density at radius 3 is 2.25 bits per heavy atom. The fraction of sp³-hybridized carbons (Fsp3) is 0.406. The molecular formula is C32H39N3O4S. The molecule has 40 heavy (non-hydrogen) atoms. The van der Waals surface area contributed by atoms with Gasteiger partial charge in [0, 0.05) is 17.5 Å². The summed E-state index contributed by atoms with van der Waals surface area (Å²) in [6.07, 6.45) is 0.927. The molecule has 3 amide bonds. The molecule has 4 rings (SSSR count). The van der Waals surface area contributed by atoms with Crippen molar-refractivity contribution in [1.29, 1.82) is 0 Å². The smallest absolute Gasteiger partial charge is 0.408 e. The second kappa shape index (κ2) is 12.3. The van der Waals surface area contributed by atoms with Gasteiger partial charge in [0.2, 0.25) is 5.91 Å². The number of benzene rings is 3. The second-order valence-electron chi connectivity index (χ2n) is 11.5. The van der Waals surface area contributed by atoms with Gasteiger partial charge < -0.3 is 20.3 Å². The highest BCUT2D eigenvalue weighted by atomic mass is 32.1. The summed E-state index contributed by atoms with van der Waals surface area (Å²) in [5.74, 6) is -0.406. The summed E-state index contributed by atoms with van der Waals surface area (Å²) in [6, 6.07) is 19.5. The number of rotatable bonds is 9. The highest BCUT2D eigenvalue weighted by Gasteiger charge is 2.48. The number of hydrogen-bond acceptors (Lipinski definition) is 5. The molecule has 1 saturated carbocycles. The SMILES string of the molecule is CCc1ccc(C(C(=O)Nc2ccc3ccccc3c2)N(C(=O)C(CS)NC(=O)OC(C)(C)C)C2CC2C)cc1. The van der Waals surface area contributed by atoms with Crippen LogP contribution in [0.15, 0.2) is 66.7 Å². The molecule has 3 aromatic carbocycles. The third-order valence-corrected chi connectivity index (χ3v) is 7.46. The average Bonchev–Trinajstić information content (AvgIpc) is 3.64. The number of amides is 3. The van der Waals surface area contributed by atoms with Gasteiger partial charge in [-0.1, -0.05) is 68.4 Å². The highest BCUT2D eigenvalue weighted by molar-refractivity contribution is 7.80. The van der Waals surface area contributed by atoms with Crippen LogP contribution in [-0.2, 0) is 20.7 Å². The second-order valence-corrected chi connectivity index (χ2v) is 11.8. The van der Waals surface area contributed by atoms with E-state index in [1.807, 2.05) is 66.7 Å². The molecule has 2 N–H and O–H groups in total. The largest absolute Gasteiger partial charge is 0.444 e. The van der Waals surface area contributed by atoms with Gasteiger partial charge in [-0.05, 0) is 73.6 Å². The van der Waals surface area contributed by atoms with Gasteiger partial charge in [-0.3, -0.25) is 9.59 Å². The Morgan fingerprint density at radius 1 is 1.02 bits per heavy atom. The first-order valence-electron chi connectivity index (χ1n) is 13.8. The normalized spacial score (nSPS) is 17.9. The van der Waals surface area contributed by atoms with Crippen molar-refractivity contribution in [2.45, 2.75) is 71.2 Å². The standard InChI is InChI=1S/C32H39N3O4S/c1-6-21-11-13-23(14-12-21)28(29(36)33-25-16-15-22-9-7-8-10-24(22)18-25)35(27-17-20(27)2)30(37)26(19-40)34-31(38)39-32(3,4)5/h7-16,18,20,26-28,40H,6,17,19H2,1-5H3,(H,33,36)(H,34,38). The van der Waals surface area contributed by atoms with Gasteiger partial charge in [0.15, 0.2) is 0 Å². The van der Waals surface area contributed by atoms with Gasteiger partial charge in [0.25, 0.3) is 5.91 Å². The van der Waals surface area contributed by atoms with E-state index in [1.54, 1.807) is 25.7 Å². The Morgan fingerprint density at radius 2 is 1.68 bits per heavy atom. The van der Waals surface area contributed by atoms with E-state index in [2.05, 4.69) is 37.1 Å². The molecule has 0 heterocycles. The monoisotopic (exact) mass is 561 g/mol. The van der Waals surface area contributed by atoms with Crippen LogP contribution in [0.1, 0.15) is 58.2 Å². The minimum atomic E-state index is -0.961. The molecule has 3 aromatic rings. The molecule has 8 heteroatoms. The summed E-state index contributed by atoms with van der Waals surface area (Å²) in [7, 11) is 0. The van der Waals surface area contributed by atoms with E-state index in [9.17, 15) is 14.4 Å². The van der Waals surface area contributed by atoms with Crippen LogP contribution in [-0.4, -0.2) is 46.2 Å². The maximum absolute atomic E-state index is 14.1. The number of nitrogens with zero attached hydrogens (tertiary/aromatic N) is 1. The molecule has 1 aliphatic carbocycles. The van der Waals surface area contributed by atoms with Crippen LogP contribution in [0.3, 0.4) is 0 Å². The molecule has 4 unspecified atom stereocenters. The van der Waals surface area contributed by atoms with Crippen molar-refractivity contribution in [1.82, 2.24) is 10.2 Å². The molecule has 1 aliphatic rings. The van der Waals surface area contributed by atoms with Crippen molar-refractivity contribution in [2.75, 3.05) is 11.1 Å². The van der Waals surface area contributed by atoms with E-state index in [1.165, 1.54) is 0 Å². The van der Waals surface area contributed by atoms with Crippen molar-refractivity contribution < 1.29 is 19.1 Å². The zero-order valence-electron chi connectivity index (χ0n) is 23.8. The van der Waals surface area contributed by atoms with E-state index >= 15 is 0 Å². The molecule has 212 valence electrons. The van der Waals surface area contributed by atoms with E-state index in [-0.39, 0.29) is 29.5 Å². The van der Waals surface area contributed by atoms with Crippen LogP contribution < -0.4 is 10.6 Å². The number of alkyl carbamates (subject to hydrolysis) is 1. The number of aryl methyl sites for hydroxylation is 1. The first kappa shape index (κ1) is 29.5. The summed E-state index contributed by atoms with van der Waals surface area (Å²) in [5.41, 5.74) is 1.77. The van der Waals surface area contributed by atoms with Gasteiger partial charge in [0.05, 0.1) is 0 Å². The zero-order valence-corrected chi connectivity index (χ0v) is 24.7. The summed E-state index contributed by atoms with van der Waals surface area (Å²) >= 11 is 4.38. The molecular weight excluding hydrogens is 522 g/mol. The van der Waals surface area contributed by atoms with Crippen molar-refractivity contribution in [3.8, 4) is 0 Å². The van der Waals surface area contributed by atoms with Crippen molar-refractivity contribution in [3.63, 3.8) is 0 Å². The lowest BCUT2D eigenvalue weighted by molar-refractivity contribution is -0.141. The van der Waals surface area contributed by atoms with Gasteiger partial charge in [-0.25, -0.2) is 4.79 Å². The van der Waals surface area contributed by atoms with E-state index < -0.39 is 23.8 Å². The number of carbonyl (C=O) groups is 3. The minimum Gasteiger partial charge on any atom is -0.444 e. The van der Waals surface area contributed by atoms with Crippen molar-refractivity contribution in [3.05, 3.63) is 77.9 Å². The summed E-state index contributed by atoms with van der Waals surface area (Å²) in [5, 5.41) is 7.81.